The molecule has 0 amide bonds. The Hall–Kier alpha value is -4.04. The predicted octanol–water partition coefficient (Wildman–Crippen LogP) is 10.0. The minimum absolute atomic E-state index is 0.0236. The summed E-state index contributed by atoms with van der Waals surface area (Å²) in [6, 6.07) is 26.7. The van der Waals surface area contributed by atoms with E-state index in [9.17, 15) is 0 Å². The van der Waals surface area contributed by atoms with Crippen LogP contribution in [0.2, 0.25) is 0 Å². The highest BCUT2D eigenvalue weighted by Crippen LogP contribution is 2.52. The van der Waals surface area contributed by atoms with E-state index in [2.05, 4.69) is 114 Å². The van der Waals surface area contributed by atoms with Gasteiger partial charge in [0.25, 0.3) is 0 Å². The first-order valence-corrected chi connectivity index (χ1v) is 13.6. The van der Waals surface area contributed by atoms with Crippen molar-refractivity contribution in [3.8, 4) is 0 Å². The molecule has 0 saturated carbocycles. The van der Waals surface area contributed by atoms with Crippen molar-refractivity contribution >= 4 is 75.9 Å². The highest BCUT2D eigenvalue weighted by molar-refractivity contribution is 6.47. The van der Waals surface area contributed by atoms with Crippen LogP contribution in [-0.2, 0) is 10.8 Å². The molecule has 0 N–H and O–H groups in total. The number of para-hydroxylation sites is 2. The number of rotatable bonds is 0. The van der Waals surface area contributed by atoms with Crippen LogP contribution in [0.5, 0.6) is 0 Å². The summed E-state index contributed by atoms with van der Waals surface area (Å²) >= 11 is 0. The second kappa shape index (κ2) is 6.88. The molecular formula is C36H30N2. The molecule has 0 aliphatic carbocycles. The van der Waals surface area contributed by atoms with Crippen LogP contribution in [0.4, 0.5) is 0 Å². The van der Waals surface area contributed by atoms with Crippen LogP contribution >= 0.6 is 0 Å². The fourth-order valence-electron chi connectivity index (χ4n) is 6.98. The van der Waals surface area contributed by atoms with Gasteiger partial charge in [-0.05, 0) is 71.8 Å². The lowest BCUT2D eigenvalue weighted by molar-refractivity contribution is 0.596. The van der Waals surface area contributed by atoms with E-state index in [1.54, 1.807) is 0 Å². The van der Waals surface area contributed by atoms with Crippen molar-refractivity contribution in [1.82, 2.24) is 9.97 Å². The van der Waals surface area contributed by atoms with Gasteiger partial charge in [-0.1, -0.05) is 102 Å². The Kier molecular flexibility index (Phi) is 3.98. The Balaban J connectivity index is 1.77. The summed E-state index contributed by atoms with van der Waals surface area (Å²) in [5, 5.41) is 13.3. The van der Waals surface area contributed by atoms with Crippen molar-refractivity contribution in [2.45, 2.75) is 52.4 Å². The lowest BCUT2D eigenvalue weighted by Crippen LogP contribution is -2.11. The molecule has 0 aliphatic heterocycles. The van der Waals surface area contributed by atoms with E-state index in [1.807, 2.05) is 0 Å². The van der Waals surface area contributed by atoms with Crippen LogP contribution in [0.15, 0.2) is 72.8 Å². The number of hydrogen-bond donors (Lipinski definition) is 0. The third-order valence-electron chi connectivity index (χ3n) is 8.58. The van der Waals surface area contributed by atoms with E-state index < -0.39 is 0 Å². The third kappa shape index (κ3) is 2.63. The minimum atomic E-state index is -0.0236. The molecule has 0 aliphatic rings. The van der Waals surface area contributed by atoms with Crippen LogP contribution < -0.4 is 0 Å². The maximum Gasteiger partial charge on any atom is 0.0986 e. The maximum absolute atomic E-state index is 5.31. The summed E-state index contributed by atoms with van der Waals surface area (Å²) in [5.41, 5.74) is 6.70. The molecule has 0 radical (unpaired) electrons. The molecule has 8 rings (SSSR count). The first-order chi connectivity index (χ1) is 18.1. The number of fused-ring (bicyclic) bond motifs is 9. The van der Waals surface area contributed by atoms with Crippen LogP contribution in [-0.4, -0.2) is 9.97 Å². The van der Waals surface area contributed by atoms with Crippen molar-refractivity contribution in [1.29, 1.82) is 0 Å². The number of nitrogens with zero attached hydrogens (tertiary/aromatic N) is 2. The monoisotopic (exact) mass is 490 g/mol. The zero-order chi connectivity index (χ0) is 26.1. The van der Waals surface area contributed by atoms with Crippen molar-refractivity contribution < 1.29 is 0 Å². The second-order valence-corrected chi connectivity index (χ2v) is 13.0. The molecule has 0 atom stereocenters. The molecule has 8 aromatic rings. The molecule has 184 valence electrons. The molecule has 0 fully saturated rings. The second-order valence-electron chi connectivity index (χ2n) is 13.0. The Morgan fingerprint density at radius 3 is 1.42 bits per heavy atom. The molecule has 1 aromatic heterocycles. The summed E-state index contributed by atoms with van der Waals surface area (Å²) in [6.07, 6.45) is 0. The van der Waals surface area contributed by atoms with Gasteiger partial charge >= 0.3 is 0 Å². The van der Waals surface area contributed by atoms with E-state index in [1.165, 1.54) is 65.0 Å². The van der Waals surface area contributed by atoms with E-state index in [-0.39, 0.29) is 10.8 Å². The molecule has 2 heteroatoms. The van der Waals surface area contributed by atoms with E-state index in [0.29, 0.717) is 0 Å². The fraction of sp³-hybridized carbons (Fsp3) is 0.222. The molecular weight excluding hydrogens is 460 g/mol. The molecule has 0 saturated heterocycles. The highest BCUT2D eigenvalue weighted by Gasteiger charge is 2.29. The molecule has 0 bridgehead atoms. The number of aromatic nitrogens is 2. The molecule has 1 heterocycles. The van der Waals surface area contributed by atoms with Gasteiger partial charge in [-0.15, -0.1) is 0 Å². The predicted molar refractivity (Wildman–Crippen MR) is 164 cm³/mol. The Bertz CT molecular complexity index is 2240. The maximum atomic E-state index is 5.31. The summed E-state index contributed by atoms with van der Waals surface area (Å²) in [5.74, 6) is 0. The van der Waals surface area contributed by atoms with Crippen LogP contribution in [0.25, 0.3) is 75.9 Å². The normalized spacial score (nSPS) is 13.5. The van der Waals surface area contributed by atoms with Gasteiger partial charge in [0, 0.05) is 16.2 Å². The quantitative estimate of drug-likeness (QED) is 0.198. The smallest absolute Gasteiger partial charge is 0.0986 e. The Morgan fingerprint density at radius 2 is 0.842 bits per heavy atom. The summed E-state index contributed by atoms with van der Waals surface area (Å²) in [6.45, 7) is 13.9. The van der Waals surface area contributed by atoms with Gasteiger partial charge in [0.05, 0.1) is 22.1 Å². The summed E-state index contributed by atoms with van der Waals surface area (Å²) in [7, 11) is 0. The summed E-state index contributed by atoms with van der Waals surface area (Å²) < 4.78 is 0. The van der Waals surface area contributed by atoms with Crippen molar-refractivity contribution in [3.05, 3.63) is 83.9 Å². The Morgan fingerprint density at radius 1 is 0.395 bits per heavy atom. The zero-order valence-corrected chi connectivity index (χ0v) is 22.8. The molecule has 0 spiro atoms. The first kappa shape index (κ1) is 22.0. The van der Waals surface area contributed by atoms with E-state index in [4.69, 9.17) is 9.97 Å². The number of hydrogen-bond acceptors (Lipinski definition) is 2. The lowest BCUT2D eigenvalue weighted by Gasteiger charge is -2.23. The van der Waals surface area contributed by atoms with Gasteiger partial charge < -0.3 is 0 Å². The van der Waals surface area contributed by atoms with Gasteiger partial charge in [0.15, 0.2) is 0 Å². The van der Waals surface area contributed by atoms with Crippen molar-refractivity contribution in [3.63, 3.8) is 0 Å². The average Bonchev–Trinajstić information content (AvgIpc) is 3.39. The highest BCUT2D eigenvalue weighted by atomic mass is 14.8. The van der Waals surface area contributed by atoms with Crippen LogP contribution in [0.3, 0.4) is 0 Å². The average molecular weight is 491 g/mol. The molecule has 7 aromatic carbocycles. The molecule has 2 nitrogen and oxygen atoms in total. The van der Waals surface area contributed by atoms with Crippen molar-refractivity contribution in [2.75, 3.05) is 0 Å². The fourth-order valence-corrected chi connectivity index (χ4v) is 6.98. The van der Waals surface area contributed by atoms with Gasteiger partial charge in [-0.25, -0.2) is 9.97 Å². The largest absolute Gasteiger partial charge is 0.244 e. The van der Waals surface area contributed by atoms with Gasteiger partial charge in [0.2, 0.25) is 0 Å². The van der Waals surface area contributed by atoms with E-state index >= 15 is 0 Å². The van der Waals surface area contributed by atoms with Crippen LogP contribution in [0.1, 0.15) is 52.7 Å². The minimum Gasteiger partial charge on any atom is -0.244 e. The summed E-state index contributed by atoms with van der Waals surface area (Å²) in [4.78, 5) is 10.6. The first-order valence-electron chi connectivity index (χ1n) is 13.6. The van der Waals surface area contributed by atoms with E-state index in [0.717, 1.165) is 22.1 Å². The topological polar surface area (TPSA) is 25.8 Å². The molecule has 0 unspecified atom stereocenters. The van der Waals surface area contributed by atoms with Crippen molar-refractivity contribution in [2.24, 2.45) is 0 Å². The standard InChI is InChI=1S/C36H30N2/c1-35(2,3)23-17-16-22-29-27(19-11-7-8-12-20(19)28(23)29)21-15-18-24(36(4,5)6)32-30(21)31(22)33-34(32)38-26-14-10-9-13-25(26)37-33/h7-18H,1-6H3. The SMILES string of the molecule is CC(C)(C)c1ccc2c3c4nc5ccccc5nc4c4c(C(C)(C)C)ccc(c5c6ccccc6c1c25)c43. The Labute approximate surface area is 222 Å². The molecule has 38 heavy (non-hydrogen) atoms. The zero-order valence-electron chi connectivity index (χ0n) is 22.8. The van der Waals surface area contributed by atoms with Crippen LogP contribution in [0, 0.1) is 0 Å². The van der Waals surface area contributed by atoms with Gasteiger partial charge in [0.1, 0.15) is 0 Å². The number of benzene rings is 5. The van der Waals surface area contributed by atoms with Gasteiger partial charge in [-0.3, -0.25) is 0 Å². The van der Waals surface area contributed by atoms with Gasteiger partial charge in [-0.2, -0.15) is 0 Å². The third-order valence-corrected chi connectivity index (χ3v) is 8.58. The lowest BCUT2D eigenvalue weighted by atomic mass is 9.81.